The van der Waals surface area contributed by atoms with Gasteiger partial charge in [0.25, 0.3) is 0 Å². The molecule has 0 spiro atoms. The van der Waals surface area contributed by atoms with E-state index in [1.54, 1.807) is 0 Å². The summed E-state index contributed by atoms with van der Waals surface area (Å²) >= 11 is 1.06. The molecule has 3 unspecified atom stereocenters. The van der Waals surface area contributed by atoms with Crippen LogP contribution in [0.25, 0.3) is 0 Å². The van der Waals surface area contributed by atoms with Gasteiger partial charge >= 0.3 is 17.9 Å². The van der Waals surface area contributed by atoms with Crippen molar-refractivity contribution in [3.63, 3.8) is 0 Å². The van der Waals surface area contributed by atoms with Gasteiger partial charge in [-0.25, -0.2) is 4.98 Å². The molecule has 0 aliphatic carbocycles. The van der Waals surface area contributed by atoms with Crippen molar-refractivity contribution in [2.24, 2.45) is 5.73 Å². The first-order chi connectivity index (χ1) is 14.1. The van der Waals surface area contributed by atoms with Gasteiger partial charge in [-0.15, -0.1) is 11.8 Å². The Labute approximate surface area is 174 Å². The molecule has 0 saturated heterocycles. The van der Waals surface area contributed by atoms with Gasteiger partial charge in [0, 0.05) is 24.1 Å². The molecule has 0 bridgehead atoms. The Kier molecular flexibility index (Phi) is 10.3. The summed E-state index contributed by atoms with van der Waals surface area (Å²) in [5.74, 6) is -5.14. The molecule has 166 valence electrons. The van der Waals surface area contributed by atoms with Crippen LogP contribution in [0.4, 0.5) is 0 Å². The molecule has 14 heteroatoms. The Morgan fingerprint density at radius 2 is 1.87 bits per heavy atom. The summed E-state index contributed by atoms with van der Waals surface area (Å²) in [7, 11) is 0. The van der Waals surface area contributed by atoms with Crippen molar-refractivity contribution in [2.75, 3.05) is 12.3 Å². The molecule has 0 fully saturated rings. The Morgan fingerprint density at radius 3 is 2.40 bits per heavy atom. The van der Waals surface area contributed by atoms with Crippen molar-refractivity contribution in [3.05, 3.63) is 18.2 Å². The van der Waals surface area contributed by atoms with Crippen LogP contribution in [-0.2, 0) is 24.0 Å². The van der Waals surface area contributed by atoms with Gasteiger partial charge in [0.1, 0.15) is 18.6 Å². The molecule has 1 aromatic rings. The van der Waals surface area contributed by atoms with E-state index in [0.717, 1.165) is 11.8 Å². The van der Waals surface area contributed by atoms with Crippen molar-refractivity contribution in [1.29, 1.82) is 0 Å². The number of nitrogens with zero attached hydrogens (tertiary/aromatic N) is 1. The minimum absolute atomic E-state index is 0.0703. The highest BCUT2D eigenvalue weighted by Gasteiger charge is 2.26. The first-order valence-electron chi connectivity index (χ1n) is 8.69. The lowest BCUT2D eigenvalue weighted by molar-refractivity contribution is -0.139. The number of rotatable bonds is 14. The first-order valence-corrected chi connectivity index (χ1v) is 9.74. The second-order valence-corrected chi connectivity index (χ2v) is 7.38. The SMILES string of the molecule is NC(CCC(=O)NC(CSC(CC(=O)O)c1cnc[nH]1)C(=O)NCC(=O)O)C(=O)O. The zero-order chi connectivity index (χ0) is 22.7. The average molecular weight is 445 g/mol. The average Bonchev–Trinajstić information content (AvgIpc) is 3.20. The number of hydrogen-bond acceptors (Lipinski definition) is 8. The fourth-order valence-electron chi connectivity index (χ4n) is 2.22. The second-order valence-electron chi connectivity index (χ2n) is 6.14. The number of nitrogens with one attached hydrogen (secondary N) is 3. The molecule has 3 atom stereocenters. The maximum atomic E-state index is 12.3. The highest BCUT2D eigenvalue weighted by atomic mass is 32.2. The molecule has 0 saturated carbocycles. The van der Waals surface area contributed by atoms with Crippen LogP contribution in [-0.4, -0.2) is 79.4 Å². The number of amides is 2. The van der Waals surface area contributed by atoms with E-state index < -0.39 is 53.6 Å². The highest BCUT2D eigenvalue weighted by Crippen LogP contribution is 2.31. The third-order valence-electron chi connectivity index (χ3n) is 3.76. The second kappa shape index (κ2) is 12.4. The Morgan fingerprint density at radius 1 is 1.17 bits per heavy atom. The Balaban J connectivity index is 2.79. The zero-order valence-corrected chi connectivity index (χ0v) is 16.6. The molecule has 13 nitrogen and oxygen atoms in total. The van der Waals surface area contributed by atoms with E-state index in [1.807, 2.05) is 0 Å². The monoisotopic (exact) mass is 445 g/mol. The van der Waals surface area contributed by atoms with Gasteiger partial charge in [-0.1, -0.05) is 0 Å². The van der Waals surface area contributed by atoms with Gasteiger partial charge in [0.05, 0.1) is 18.0 Å². The van der Waals surface area contributed by atoms with Crippen LogP contribution in [0.2, 0.25) is 0 Å². The number of carboxylic acids is 3. The van der Waals surface area contributed by atoms with E-state index in [2.05, 4.69) is 20.6 Å². The molecule has 8 N–H and O–H groups in total. The number of aliphatic carboxylic acids is 3. The summed E-state index contributed by atoms with van der Waals surface area (Å²) in [4.78, 5) is 63.5. The van der Waals surface area contributed by atoms with Crippen LogP contribution < -0.4 is 16.4 Å². The predicted octanol–water partition coefficient (Wildman–Crippen LogP) is -1.46. The van der Waals surface area contributed by atoms with Gasteiger partial charge in [-0.2, -0.15) is 0 Å². The summed E-state index contributed by atoms with van der Waals surface area (Å²) in [5.41, 5.74) is 5.85. The van der Waals surface area contributed by atoms with Gasteiger partial charge in [0.15, 0.2) is 0 Å². The fraction of sp³-hybridized carbons (Fsp3) is 0.500. The van der Waals surface area contributed by atoms with E-state index in [-0.39, 0.29) is 25.0 Å². The predicted molar refractivity (Wildman–Crippen MR) is 103 cm³/mol. The Hall–Kier alpha value is -3.13. The quantitative estimate of drug-likeness (QED) is 0.175. The molecule has 1 aromatic heterocycles. The van der Waals surface area contributed by atoms with Crippen LogP contribution in [0.1, 0.15) is 30.2 Å². The maximum Gasteiger partial charge on any atom is 0.322 e. The molecule has 0 radical (unpaired) electrons. The smallest absolute Gasteiger partial charge is 0.322 e. The van der Waals surface area contributed by atoms with Crippen LogP contribution in [0.3, 0.4) is 0 Å². The van der Waals surface area contributed by atoms with E-state index >= 15 is 0 Å². The lowest BCUT2D eigenvalue weighted by atomic mass is 10.1. The van der Waals surface area contributed by atoms with Gasteiger partial charge in [-0.05, 0) is 6.42 Å². The number of imidazole rings is 1. The molecule has 0 aliphatic heterocycles. The van der Waals surface area contributed by atoms with Gasteiger partial charge in [0.2, 0.25) is 11.8 Å². The summed E-state index contributed by atoms with van der Waals surface area (Å²) in [6.07, 6.45) is 2.10. The molecule has 0 aliphatic rings. The van der Waals surface area contributed by atoms with Crippen molar-refractivity contribution in [1.82, 2.24) is 20.6 Å². The lowest BCUT2D eigenvalue weighted by Gasteiger charge is -2.20. The number of hydrogen-bond donors (Lipinski definition) is 7. The van der Waals surface area contributed by atoms with Crippen LogP contribution >= 0.6 is 11.8 Å². The first kappa shape index (κ1) is 24.9. The topological polar surface area (TPSA) is 225 Å². The van der Waals surface area contributed by atoms with Crippen molar-refractivity contribution < 1.29 is 39.3 Å². The number of carbonyl (C=O) groups is 5. The number of thioether (sulfide) groups is 1. The molecular weight excluding hydrogens is 422 g/mol. The summed E-state index contributed by atoms with van der Waals surface area (Å²) < 4.78 is 0. The van der Waals surface area contributed by atoms with Gasteiger partial charge in [-0.3, -0.25) is 24.0 Å². The van der Waals surface area contributed by atoms with Crippen molar-refractivity contribution >= 4 is 41.5 Å². The third-order valence-corrected chi connectivity index (χ3v) is 5.10. The van der Waals surface area contributed by atoms with E-state index in [4.69, 9.17) is 21.1 Å². The van der Waals surface area contributed by atoms with Crippen LogP contribution in [0, 0.1) is 0 Å². The molecule has 1 rings (SSSR count). The van der Waals surface area contributed by atoms with Crippen molar-refractivity contribution in [2.45, 2.75) is 36.6 Å². The number of nitrogens with two attached hydrogens (primary N) is 1. The fourth-order valence-corrected chi connectivity index (χ4v) is 3.45. The van der Waals surface area contributed by atoms with E-state index in [1.165, 1.54) is 12.5 Å². The third kappa shape index (κ3) is 9.38. The standard InChI is InChI=1S/C16H23N5O8S/c17-8(16(28)29)1-2-12(22)21-10(15(27)19-5-14(25)26)6-30-11(3-13(23)24)9-4-18-7-20-9/h4,7-8,10-11H,1-3,5-6,17H2,(H,18,20)(H,19,27)(H,21,22)(H,23,24)(H,25,26)(H,28,29). The summed E-state index contributed by atoms with van der Waals surface area (Å²) in [6.45, 7) is -0.668. The summed E-state index contributed by atoms with van der Waals surface area (Å²) in [5, 5.41) is 30.5. The van der Waals surface area contributed by atoms with E-state index in [9.17, 15) is 24.0 Å². The summed E-state index contributed by atoms with van der Waals surface area (Å²) in [6, 6.07) is -2.42. The number of aromatic nitrogens is 2. The van der Waals surface area contributed by atoms with Crippen LogP contribution in [0.5, 0.6) is 0 Å². The maximum absolute atomic E-state index is 12.3. The minimum atomic E-state index is -1.28. The number of H-pyrrole nitrogens is 1. The lowest BCUT2D eigenvalue weighted by Crippen LogP contribution is -2.49. The van der Waals surface area contributed by atoms with Gasteiger partial charge < -0.3 is 36.7 Å². The largest absolute Gasteiger partial charge is 0.481 e. The normalized spacial score (nSPS) is 13.6. The Bertz CT molecular complexity index is 757. The number of carbonyl (C=O) groups excluding carboxylic acids is 2. The number of carboxylic acid groups (broad SMARTS) is 3. The highest BCUT2D eigenvalue weighted by molar-refractivity contribution is 7.99. The molecule has 0 aromatic carbocycles. The zero-order valence-electron chi connectivity index (χ0n) is 15.7. The molecule has 2 amide bonds. The molecule has 1 heterocycles. The number of aromatic amines is 1. The van der Waals surface area contributed by atoms with E-state index in [0.29, 0.717) is 5.69 Å². The molecule has 30 heavy (non-hydrogen) atoms. The molecular formula is C16H23N5O8S. The van der Waals surface area contributed by atoms with Crippen molar-refractivity contribution in [3.8, 4) is 0 Å². The minimum Gasteiger partial charge on any atom is -0.481 e. The van der Waals surface area contributed by atoms with Crippen LogP contribution in [0.15, 0.2) is 12.5 Å².